The molecule has 2 aromatic carbocycles. The van der Waals surface area contributed by atoms with Gasteiger partial charge in [-0.3, -0.25) is 4.79 Å². The van der Waals surface area contributed by atoms with Crippen LogP contribution in [0.1, 0.15) is 65.0 Å². The Morgan fingerprint density at radius 3 is 2.61 bits per heavy atom. The van der Waals surface area contributed by atoms with Crippen LogP contribution in [-0.2, 0) is 28.5 Å². The van der Waals surface area contributed by atoms with Gasteiger partial charge in [-0.25, -0.2) is 18.3 Å². The molecule has 4 rings (SSSR count). The van der Waals surface area contributed by atoms with Crippen LogP contribution in [0.2, 0.25) is 25.7 Å². The number of alkyl halides is 2. The monoisotopic (exact) mass is 588 g/mol. The van der Waals surface area contributed by atoms with Crippen molar-refractivity contribution >= 4 is 31.0 Å². The van der Waals surface area contributed by atoms with Crippen LogP contribution < -0.4 is 15.8 Å². The van der Waals surface area contributed by atoms with Crippen LogP contribution in [0.3, 0.4) is 0 Å². The standard InChI is InChI=1S/C29H38F2N4O5Si/c1-17(19-8-7-9-24-20(19)10-11-29(24,30)31)33-27(36)22-14-21(18(2)40-28(32)37)26(38-3)23-15-35(34-25(22)23)16-39-12-13-41(4,5)6/h7-9,14-15,17-18H,10-13,16H2,1-6H3,(H2,32,37)(H,33,36). The highest BCUT2D eigenvalue weighted by molar-refractivity contribution is 6.76. The summed E-state index contributed by atoms with van der Waals surface area (Å²) in [5.41, 5.74) is 7.48. The maximum Gasteiger partial charge on any atom is 0.405 e. The lowest BCUT2D eigenvalue weighted by atomic mass is 9.97. The lowest BCUT2D eigenvalue weighted by Gasteiger charge is -2.20. The van der Waals surface area contributed by atoms with Crippen LogP contribution in [-0.4, -0.2) is 43.6 Å². The third-order valence-electron chi connectivity index (χ3n) is 7.33. The molecular weight excluding hydrogens is 550 g/mol. The van der Waals surface area contributed by atoms with Gasteiger partial charge in [0.15, 0.2) is 0 Å². The Hall–Kier alpha value is -3.51. The first-order chi connectivity index (χ1) is 19.2. The van der Waals surface area contributed by atoms with E-state index in [1.54, 1.807) is 42.9 Å². The highest BCUT2D eigenvalue weighted by atomic mass is 28.3. The lowest BCUT2D eigenvalue weighted by molar-refractivity contribution is -0.00185. The Labute approximate surface area is 239 Å². The number of amides is 2. The summed E-state index contributed by atoms with van der Waals surface area (Å²) in [5, 5.41) is 8.10. The second kappa shape index (κ2) is 11.8. The van der Waals surface area contributed by atoms with E-state index in [4.69, 9.17) is 19.9 Å². The highest BCUT2D eigenvalue weighted by Gasteiger charge is 2.40. The van der Waals surface area contributed by atoms with Crippen molar-refractivity contribution < 1.29 is 32.6 Å². The molecule has 41 heavy (non-hydrogen) atoms. The molecule has 0 saturated carbocycles. The van der Waals surface area contributed by atoms with Crippen LogP contribution in [0, 0.1) is 0 Å². The fourth-order valence-electron chi connectivity index (χ4n) is 5.18. The number of carbonyl (C=O) groups excluding carboxylic acids is 2. The number of hydrogen-bond acceptors (Lipinski definition) is 6. The van der Waals surface area contributed by atoms with E-state index >= 15 is 0 Å². The second-order valence-corrected chi connectivity index (χ2v) is 17.3. The molecule has 2 atom stereocenters. The molecule has 3 N–H and O–H groups in total. The Bertz CT molecular complexity index is 1450. The minimum atomic E-state index is -2.88. The molecule has 12 heteroatoms. The number of benzene rings is 2. The van der Waals surface area contributed by atoms with Gasteiger partial charge in [-0.05, 0) is 43.5 Å². The van der Waals surface area contributed by atoms with E-state index in [-0.39, 0.29) is 30.7 Å². The quantitative estimate of drug-likeness (QED) is 0.208. The van der Waals surface area contributed by atoms with Gasteiger partial charge in [-0.15, -0.1) is 0 Å². The predicted molar refractivity (Wildman–Crippen MR) is 154 cm³/mol. The molecule has 9 nitrogen and oxygen atoms in total. The van der Waals surface area contributed by atoms with Gasteiger partial charge in [-0.2, -0.15) is 5.10 Å². The number of methoxy groups -OCH3 is 1. The van der Waals surface area contributed by atoms with Crippen LogP contribution in [0.4, 0.5) is 13.6 Å². The Balaban J connectivity index is 1.70. The van der Waals surface area contributed by atoms with E-state index in [0.717, 1.165) is 6.04 Å². The summed E-state index contributed by atoms with van der Waals surface area (Å²) in [7, 11) is 0.198. The Kier molecular flexibility index (Phi) is 8.74. The lowest BCUT2D eigenvalue weighted by Crippen LogP contribution is -2.28. The summed E-state index contributed by atoms with van der Waals surface area (Å²) in [5.74, 6) is -2.97. The number of carbonyl (C=O) groups is 2. The number of nitrogens with zero attached hydrogens (tertiary/aromatic N) is 2. The van der Waals surface area contributed by atoms with E-state index in [1.165, 1.54) is 13.2 Å². The molecular formula is C29H38F2N4O5Si. The van der Waals surface area contributed by atoms with Crippen molar-refractivity contribution in [2.24, 2.45) is 5.73 Å². The molecule has 1 heterocycles. The molecule has 2 unspecified atom stereocenters. The summed E-state index contributed by atoms with van der Waals surface area (Å²) >= 11 is 0. The molecule has 3 aromatic rings. The van der Waals surface area contributed by atoms with Crippen LogP contribution in [0.5, 0.6) is 5.75 Å². The van der Waals surface area contributed by atoms with Crippen LogP contribution in [0.15, 0.2) is 30.5 Å². The van der Waals surface area contributed by atoms with Crippen molar-refractivity contribution in [3.8, 4) is 5.75 Å². The zero-order chi connectivity index (χ0) is 30.1. The number of halogens is 2. The van der Waals surface area contributed by atoms with Gasteiger partial charge >= 0.3 is 6.09 Å². The fourth-order valence-corrected chi connectivity index (χ4v) is 5.93. The summed E-state index contributed by atoms with van der Waals surface area (Å²) in [6.07, 6.45) is -0.0975. The number of nitrogens with one attached hydrogen (secondary N) is 1. The van der Waals surface area contributed by atoms with Crippen molar-refractivity contribution in [3.05, 3.63) is 58.3 Å². The van der Waals surface area contributed by atoms with Gasteiger partial charge in [0.05, 0.1) is 24.1 Å². The Morgan fingerprint density at radius 1 is 1.22 bits per heavy atom. The third kappa shape index (κ3) is 6.70. The number of fused-ring (bicyclic) bond motifs is 2. The third-order valence-corrected chi connectivity index (χ3v) is 9.04. The van der Waals surface area contributed by atoms with Crippen LogP contribution in [0.25, 0.3) is 10.9 Å². The molecule has 1 aromatic heterocycles. The summed E-state index contributed by atoms with van der Waals surface area (Å²) < 4.78 is 47.1. The minimum Gasteiger partial charge on any atom is -0.496 e. The van der Waals surface area contributed by atoms with Gasteiger partial charge in [0.1, 0.15) is 24.1 Å². The number of nitrogens with two attached hydrogens (primary N) is 1. The first kappa shape index (κ1) is 30.4. The zero-order valence-electron chi connectivity index (χ0n) is 24.3. The average Bonchev–Trinajstić information content (AvgIpc) is 3.45. The van der Waals surface area contributed by atoms with Crippen LogP contribution >= 0.6 is 0 Å². The van der Waals surface area contributed by atoms with Crippen molar-refractivity contribution in [1.29, 1.82) is 0 Å². The smallest absolute Gasteiger partial charge is 0.405 e. The summed E-state index contributed by atoms with van der Waals surface area (Å²) in [6, 6.07) is 6.78. The molecule has 0 spiro atoms. The molecule has 1 aliphatic rings. The maximum absolute atomic E-state index is 14.4. The number of aromatic nitrogens is 2. The largest absolute Gasteiger partial charge is 0.496 e. The topological polar surface area (TPSA) is 118 Å². The van der Waals surface area contributed by atoms with E-state index in [0.29, 0.717) is 39.9 Å². The van der Waals surface area contributed by atoms with Gasteiger partial charge in [-0.1, -0.05) is 37.8 Å². The van der Waals surface area contributed by atoms with Crippen molar-refractivity contribution in [2.75, 3.05) is 13.7 Å². The first-order valence-corrected chi connectivity index (χ1v) is 17.4. The zero-order valence-corrected chi connectivity index (χ0v) is 25.3. The number of hydrogen-bond donors (Lipinski definition) is 2. The molecule has 0 aliphatic heterocycles. The van der Waals surface area contributed by atoms with E-state index in [2.05, 4.69) is 30.1 Å². The van der Waals surface area contributed by atoms with E-state index in [1.807, 2.05) is 0 Å². The van der Waals surface area contributed by atoms with Gasteiger partial charge in [0, 0.05) is 38.4 Å². The van der Waals surface area contributed by atoms with Crippen molar-refractivity contribution in [1.82, 2.24) is 15.1 Å². The van der Waals surface area contributed by atoms with Gasteiger partial charge < -0.3 is 25.3 Å². The van der Waals surface area contributed by atoms with Gasteiger partial charge in [0.25, 0.3) is 11.8 Å². The molecule has 1 aliphatic carbocycles. The van der Waals surface area contributed by atoms with E-state index < -0.39 is 38.1 Å². The molecule has 0 fully saturated rings. The minimum absolute atomic E-state index is 0.00974. The summed E-state index contributed by atoms with van der Waals surface area (Å²) in [6.45, 7) is 10.9. The van der Waals surface area contributed by atoms with Gasteiger partial charge in [0.2, 0.25) is 0 Å². The first-order valence-electron chi connectivity index (χ1n) is 13.6. The highest BCUT2D eigenvalue weighted by Crippen LogP contribution is 2.44. The molecule has 222 valence electrons. The number of ether oxygens (including phenoxy) is 3. The number of primary amides is 1. The van der Waals surface area contributed by atoms with Crippen molar-refractivity contribution in [2.45, 2.75) is 77.2 Å². The average molecular weight is 589 g/mol. The van der Waals surface area contributed by atoms with E-state index in [9.17, 15) is 18.4 Å². The maximum atomic E-state index is 14.4. The normalized spacial score (nSPS) is 15.8. The summed E-state index contributed by atoms with van der Waals surface area (Å²) in [4.78, 5) is 25.3. The molecule has 0 bridgehead atoms. The molecule has 2 amide bonds. The van der Waals surface area contributed by atoms with Crippen molar-refractivity contribution in [3.63, 3.8) is 0 Å². The second-order valence-electron chi connectivity index (χ2n) is 11.7. The molecule has 0 radical (unpaired) electrons. The SMILES string of the molecule is COc1c(C(C)OC(N)=O)cc(C(=O)NC(C)c2cccc3c2CCC3(F)F)c2nn(COCC[Si](C)(C)C)cc12. The Morgan fingerprint density at radius 2 is 1.95 bits per heavy atom. The predicted octanol–water partition coefficient (Wildman–Crippen LogP) is 6.04. The number of rotatable bonds is 11. The fraction of sp³-hybridized carbons (Fsp3) is 0.483. The molecule has 0 saturated heterocycles.